The third-order valence-electron chi connectivity index (χ3n) is 2.54. The molecule has 0 aromatic heterocycles. The molecule has 5 heteroatoms. The molecule has 0 aliphatic carbocycles. The monoisotopic (exact) mass is 294 g/mol. The van der Waals surface area contributed by atoms with Crippen molar-refractivity contribution in [2.45, 2.75) is 46.3 Å². The zero-order valence-electron chi connectivity index (χ0n) is 13.5. The van der Waals surface area contributed by atoms with Crippen LogP contribution in [0.3, 0.4) is 0 Å². The molecule has 0 fully saturated rings. The van der Waals surface area contributed by atoms with Crippen LogP contribution in [0.25, 0.3) is 0 Å². The van der Waals surface area contributed by atoms with Crippen molar-refractivity contribution in [1.29, 1.82) is 0 Å². The van der Waals surface area contributed by atoms with Gasteiger partial charge in [-0.05, 0) is 46.8 Å². The van der Waals surface area contributed by atoms with Crippen molar-refractivity contribution in [3.8, 4) is 0 Å². The van der Waals surface area contributed by atoms with E-state index in [2.05, 4.69) is 10.6 Å². The Morgan fingerprint density at radius 3 is 2.43 bits per heavy atom. The first-order valence-electron chi connectivity index (χ1n) is 7.25. The fourth-order valence-corrected chi connectivity index (χ4v) is 1.73. The van der Waals surface area contributed by atoms with Gasteiger partial charge < -0.3 is 14.8 Å². The number of rotatable bonds is 6. The van der Waals surface area contributed by atoms with Crippen LogP contribution in [0.5, 0.6) is 0 Å². The van der Waals surface area contributed by atoms with Crippen LogP contribution in [-0.4, -0.2) is 30.9 Å². The number of carbonyl (C=O) groups excluding carboxylic acids is 1. The quantitative estimate of drug-likeness (QED) is 0.836. The van der Waals surface area contributed by atoms with E-state index in [1.165, 1.54) is 0 Å². The fraction of sp³-hybridized carbons (Fsp3) is 0.562. The molecular weight excluding hydrogens is 268 g/mol. The van der Waals surface area contributed by atoms with Crippen LogP contribution in [0.2, 0.25) is 0 Å². The van der Waals surface area contributed by atoms with Crippen LogP contribution in [0.1, 0.15) is 34.6 Å². The molecule has 0 radical (unpaired) electrons. The standard InChI is InChI=1S/C16H26N2O3/c1-6-20-11-12(2)17-13-9-7-8-10-14(13)18-15(19)21-16(3,4)5/h7-10,12,17H,6,11H2,1-5H3,(H,18,19). The lowest BCUT2D eigenvalue weighted by Crippen LogP contribution is -2.28. The van der Waals surface area contributed by atoms with Crippen molar-refractivity contribution >= 4 is 17.5 Å². The molecule has 0 spiro atoms. The molecule has 1 rings (SSSR count). The molecular formula is C16H26N2O3. The van der Waals surface area contributed by atoms with Gasteiger partial charge in [0.15, 0.2) is 0 Å². The second-order valence-electron chi connectivity index (χ2n) is 5.88. The highest BCUT2D eigenvalue weighted by molar-refractivity contribution is 5.89. The van der Waals surface area contributed by atoms with Crippen molar-refractivity contribution in [2.75, 3.05) is 23.8 Å². The van der Waals surface area contributed by atoms with Crippen molar-refractivity contribution in [1.82, 2.24) is 0 Å². The van der Waals surface area contributed by atoms with Gasteiger partial charge in [0.2, 0.25) is 0 Å². The molecule has 0 aliphatic heterocycles. The molecule has 1 unspecified atom stereocenters. The predicted molar refractivity (Wildman–Crippen MR) is 85.9 cm³/mol. The zero-order chi connectivity index (χ0) is 15.9. The van der Waals surface area contributed by atoms with Crippen LogP contribution in [0, 0.1) is 0 Å². The zero-order valence-corrected chi connectivity index (χ0v) is 13.5. The van der Waals surface area contributed by atoms with Crippen molar-refractivity contribution < 1.29 is 14.3 Å². The minimum atomic E-state index is -0.519. The Bertz CT molecular complexity index is 455. The number of benzene rings is 1. The van der Waals surface area contributed by atoms with Gasteiger partial charge in [0.1, 0.15) is 5.60 Å². The number of carbonyl (C=O) groups is 1. The smallest absolute Gasteiger partial charge is 0.412 e. The van der Waals surface area contributed by atoms with Gasteiger partial charge in [-0.2, -0.15) is 0 Å². The Morgan fingerprint density at radius 1 is 1.24 bits per heavy atom. The second-order valence-corrected chi connectivity index (χ2v) is 5.88. The molecule has 0 saturated heterocycles. The molecule has 0 bridgehead atoms. The van der Waals surface area contributed by atoms with E-state index in [0.29, 0.717) is 18.9 Å². The third kappa shape index (κ3) is 6.99. The summed E-state index contributed by atoms with van der Waals surface area (Å²) in [6.45, 7) is 10.8. The summed E-state index contributed by atoms with van der Waals surface area (Å²) in [7, 11) is 0. The van der Waals surface area contributed by atoms with Crippen LogP contribution in [0.15, 0.2) is 24.3 Å². The largest absolute Gasteiger partial charge is 0.444 e. The van der Waals surface area contributed by atoms with E-state index < -0.39 is 11.7 Å². The van der Waals surface area contributed by atoms with Gasteiger partial charge in [-0.1, -0.05) is 12.1 Å². The summed E-state index contributed by atoms with van der Waals surface area (Å²) in [5.41, 5.74) is 1.01. The van der Waals surface area contributed by atoms with E-state index in [0.717, 1.165) is 5.69 Å². The van der Waals surface area contributed by atoms with Gasteiger partial charge in [-0.25, -0.2) is 4.79 Å². The number of amides is 1. The molecule has 1 aromatic carbocycles. The topological polar surface area (TPSA) is 59.6 Å². The van der Waals surface area contributed by atoms with E-state index in [-0.39, 0.29) is 6.04 Å². The van der Waals surface area contributed by atoms with Gasteiger partial charge in [-0.15, -0.1) is 0 Å². The second kappa shape index (κ2) is 7.88. The molecule has 0 saturated carbocycles. The highest BCUT2D eigenvalue weighted by Crippen LogP contribution is 2.22. The molecule has 0 heterocycles. The molecule has 5 nitrogen and oxygen atoms in total. The molecule has 1 atom stereocenters. The summed E-state index contributed by atoms with van der Waals surface area (Å²) in [4.78, 5) is 11.9. The van der Waals surface area contributed by atoms with Gasteiger partial charge in [0.05, 0.1) is 18.0 Å². The lowest BCUT2D eigenvalue weighted by Gasteiger charge is -2.21. The third-order valence-corrected chi connectivity index (χ3v) is 2.54. The SMILES string of the molecule is CCOCC(C)Nc1ccccc1NC(=O)OC(C)(C)C. The summed E-state index contributed by atoms with van der Waals surface area (Å²) in [5.74, 6) is 0. The fourth-order valence-electron chi connectivity index (χ4n) is 1.73. The van der Waals surface area contributed by atoms with Gasteiger partial charge >= 0.3 is 6.09 Å². The Hall–Kier alpha value is -1.75. The first-order chi connectivity index (χ1) is 9.81. The predicted octanol–water partition coefficient (Wildman–Crippen LogP) is 3.87. The molecule has 1 amide bonds. The van der Waals surface area contributed by atoms with E-state index in [1.54, 1.807) is 0 Å². The van der Waals surface area contributed by atoms with E-state index >= 15 is 0 Å². The maximum atomic E-state index is 11.9. The van der Waals surface area contributed by atoms with Crippen LogP contribution in [-0.2, 0) is 9.47 Å². The minimum absolute atomic E-state index is 0.145. The maximum Gasteiger partial charge on any atom is 0.412 e. The summed E-state index contributed by atoms with van der Waals surface area (Å²) in [6.07, 6.45) is -0.464. The summed E-state index contributed by atoms with van der Waals surface area (Å²) in [6, 6.07) is 7.67. The number of anilines is 2. The molecule has 0 aliphatic rings. The Morgan fingerprint density at radius 2 is 1.86 bits per heavy atom. The molecule has 118 valence electrons. The van der Waals surface area contributed by atoms with Crippen molar-refractivity contribution in [2.24, 2.45) is 0 Å². The normalized spacial score (nSPS) is 12.6. The molecule has 2 N–H and O–H groups in total. The number of ether oxygens (including phenoxy) is 2. The number of hydrogen-bond donors (Lipinski definition) is 2. The number of hydrogen-bond acceptors (Lipinski definition) is 4. The van der Waals surface area contributed by atoms with E-state index in [1.807, 2.05) is 58.9 Å². The highest BCUT2D eigenvalue weighted by atomic mass is 16.6. The van der Waals surface area contributed by atoms with Crippen LogP contribution < -0.4 is 10.6 Å². The van der Waals surface area contributed by atoms with Crippen LogP contribution in [0.4, 0.5) is 16.2 Å². The Labute approximate surface area is 127 Å². The van der Waals surface area contributed by atoms with Crippen LogP contribution >= 0.6 is 0 Å². The summed E-state index contributed by atoms with van der Waals surface area (Å²) in [5, 5.41) is 6.08. The lowest BCUT2D eigenvalue weighted by atomic mass is 10.2. The van der Waals surface area contributed by atoms with Gasteiger partial charge in [-0.3, -0.25) is 5.32 Å². The number of para-hydroxylation sites is 2. The Balaban J connectivity index is 2.68. The average Bonchev–Trinajstić information content (AvgIpc) is 2.36. The molecule has 21 heavy (non-hydrogen) atoms. The average molecular weight is 294 g/mol. The minimum Gasteiger partial charge on any atom is -0.444 e. The van der Waals surface area contributed by atoms with Gasteiger partial charge in [0.25, 0.3) is 0 Å². The first-order valence-corrected chi connectivity index (χ1v) is 7.25. The first kappa shape index (κ1) is 17.3. The molecule has 1 aromatic rings. The summed E-state index contributed by atoms with van der Waals surface area (Å²) >= 11 is 0. The van der Waals surface area contributed by atoms with E-state index in [4.69, 9.17) is 9.47 Å². The van der Waals surface area contributed by atoms with E-state index in [9.17, 15) is 4.79 Å². The van der Waals surface area contributed by atoms with Crippen molar-refractivity contribution in [3.63, 3.8) is 0 Å². The number of nitrogens with one attached hydrogen (secondary N) is 2. The van der Waals surface area contributed by atoms with Crippen molar-refractivity contribution in [3.05, 3.63) is 24.3 Å². The van der Waals surface area contributed by atoms with Gasteiger partial charge in [0, 0.05) is 12.6 Å². The summed E-state index contributed by atoms with van der Waals surface area (Å²) < 4.78 is 10.6. The maximum absolute atomic E-state index is 11.9. The Kier molecular flexibility index (Phi) is 6.49. The highest BCUT2D eigenvalue weighted by Gasteiger charge is 2.17. The lowest BCUT2D eigenvalue weighted by molar-refractivity contribution is 0.0636.